The van der Waals surface area contributed by atoms with Crippen LogP contribution in [0.5, 0.6) is 11.5 Å². The molecule has 1 unspecified atom stereocenters. The molecule has 2 nitrogen and oxygen atoms in total. The van der Waals surface area contributed by atoms with Gasteiger partial charge in [0, 0.05) is 8.95 Å². The van der Waals surface area contributed by atoms with Crippen LogP contribution in [0.3, 0.4) is 0 Å². The van der Waals surface area contributed by atoms with Crippen LogP contribution in [-0.4, -0.2) is 14.2 Å². The van der Waals surface area contributed by atoms with Crippen molar-refractivity contribution in [1.82, 2.24) is 0 Å². The Morgan fingerprint density at radius 1 is 0.905 bits per heavy atom. The molecule has 0 bridgehead atoms. The molecule has 0 aliphatic carbocycles. The van der Waals surface area contributed by atoms with Crippen molar-refractivity contribution in [3.05, 3.63) is 56.0 Å². The molecule has 0 N–H and O–H groups in total. The van der Waals surface area contributed by atoms with Crippen molar-refractivity contribution >= 4 is 47.8 Å². The van der Waals surface area contributed by atoms with Crippen LogP contribution in [-0.2, 0) is 0 Å². The van der Waals surface area contributed by atoms with Crippen molar-refractivity contribution in [1.29, 1.82) is 0 Å². The number of alkyl halides is 1. The molecule has 21 heavy (non-hydrogen) atoms. The van der Waals surface area contributed by atoms with Gasteiger partial charge in [-0.1, -0.05) is 53.9 Å². The second-order valence-electron chi connectivity index (χ2n) is 4.59. The van der Waals surface area contributed by atoms with Crippen LogP contribution in [0.1, 0.15) is 21.5 Å². The third-order valence-corrected chi connectivity index (χ3v) is 5.45. The summed E-state index contributed by atoms with van der Waals surface area (Å²) in [5.74, 6) is 1.43. The lowest BCUT2D eigenvalue weighted by molar-refractivity contribution is 0.354. The van der Waals surface area contributed by atoms with Crippen LogP contribution in [0.15, 0.2) is 39.3 Å². The van der Waals surface area contributed by atoms with Crippen LogP contribution in [0, 0.1) is 6.92 Å². The molecule has 0 amide bonds. The number of hydrogen-bond donors (Lipinski definition) is 0. The maximum absolute atomic E-state index is 5.39. The number of halogens is 3. The van der Waals surface area contributed by atoms with Gasteiger partial charge in [0.1, 0.15) is 0 Å². The van der Waals surface area contributed by atoms with Crippen LogP contribution >= 0.6 is 47.8 Å². The molecule has 0 saturated heterocycles. The highest BCUT2D eigenvalue weighted by Gasteiger charge is 2.19. The van der Waals surface area contributed by atoms with Gasteiger partial charge in [0.15, 0.2) is 11.5 Å². The summed E-state index contributed by atoms with van der Waals surface area (Å²) in [7, 11) is 3.28. The van der Waals surface area contributed by atoms with E-state index in [9.17, 15) is 0 Å². The molecule has 5 heteroatoms. The lowest BCUT2D eigenvalue weighted by atomic mass is 10.00. The van der Waals surface area contributed by atoms with E-state index in [0.29, 0.717) is 5.75 Å². The third-order valence-electron chi connectivity index (χ3n) is 3.28. The Morgan fingerprint density at radius 3 is 2.10 bits per heavy atom. The van der Waals surface area contributed by atoms with Gasteiger partial charge >= 0.3 is 0 Å². The van der Waals surface area contributed by atoms with Crippen molar-refractivity contribution in [3.63, 3.8) is 0 Å². The summed E-state index contributed by atoms with van der Waals surface area (Å²) in [5, 5.41) is 0. The van der Waals surface area contributed by atoms with Gasteiger partial charge in [-0.05, 0) is 47.9 Å². The average Bonchev–Trinajstić information content (AvgIpc) is 2.46. The lowest BCUT2D eigenvalue weighted by Crippen LogP contribution is -1.99. The molecule has 1 atom stereocenters. The second kappa shape index (κ2) is 7.16. The van der Waals surface area contributed by atoms with E-state index in [-0.39, 0.29) is 4.83 Å². The second-order valence-corrected chi connectivity index (χ2v) is 7.28. The molecule has 2 rings (SSSR count). The van der Waals surface area contributed by atoms with E-state index in [0.717, 1.165) is 20.3 Å². The zero-order valence-corrected chi connectivity index (χ0v) is 16.7. The molecule has 2 aromatic rings. The molecular formula is C16H15Br3O2. The first-order valence-corrected chi connectivity index (χ1v) is 8.79. The van der Waals surface area contributed by atoms with Gasteiger partial charge in [0.25, 0.3) is 0 Å². The Kier molecular flexibility index (Phi) is 5.74. The summed E-state index contributed by atoms with van der Waals surface area (Å²) in [6.07, 6.45) is 0. The van der Waals surface area contributed by atoms with E-state index in [4.69, 9.17) is 9.47 Å². The van der Waals surface area contributed by atoms with Crippen molar-refractivity contribution in [2.75, 3.05) is 14.2 Å². The minimum absolute atomic E-state index is 0.0692. The monoisotopic (exact) mass is 476 g/mol. The predicted octanol–water partition coefficient (Wildman–Crippen LogP) is 6.02. The Hall–Kier alpha value is -0.520. The van der Waals surface area contributed by atoms with E-state index in [1.54, 1.807) is 14.2 Å². The molecular weight excluding hydrogens is 464 g/mol. The maximum Gasteiger partial charge on any atom is 0.161 e. The molecule has 0 aliphatic rings. The largest absolute Gasteiger partial charge is 0.493 e. The van der Waals surface area contributed by atoms with Crippen molar-refractivity contribution in [2.24, 2.45) is 0 Å². The highest BCUT2D eigenvalue weighted by Crippen LogP contribution is 2.42. The average molecular weight is 479 g/mol. The highest BCUT2D eigenvalue weighted by atomic mass is 79.9. The Balaban J connectivity index is 2.50. The van der Waals surface area contributed by atoms with Gasteiger partial charge in [-0.2, -0.15) is 0 Å². The summed E-state index contributed by atoms with van der Waals surface area (Å²) in [6.45, 7) is 2.10. The summed E-state index contributed by atoms with van der Waals surface area (Å²) in [4.78, 5) is 0.0692. The Morgan fingerprint density at radius 2 is 1.52 bits per heavy atom. The van der Waals surface area contributed by atoms with Gasteiger partial charge in [-0.3, -0.25) is 0 Å². The fourth-order valence-corrected chi connectivity index (χ4v) is 4.38. The number of methoxy groups -OCH3 is 2. The van der Waals surface area contributed by atoms with E-state index in [1.807, 2.05) is 18.2 Å². The maximum atomic E-state index is 5.39. The zero-order valence-electron chi connectivity index (χ0n) is 11.9. The first kappa shape index (κ1) is 16.8. The lowest BCUT2D eigenvalue weighted by Gasteiger charge is -2.18. The minimum Gasteiger partial charge on any atom is -0.493 e. The van der Waals surface area contributed by atoms with Gasteiger partial charge in [0.05, 0.1) is 19.0 Å². The molecule has 0 spiro atoms. The van der Waals surface area contributed by atoms with Gasteiger partial charge in [-0.15, -0.1) is 0 Å². The smallest absolute Gasteiger partial charge is 0.161 e. The van der Waals surface area contributed by atoms with Gasteiger partial charge in [-0.25, -0.2) is 0 Å². The predicted molar refractivity (Wildman–Crippen MR) is 96.9 cm³/mol. The Bertz CT molecular complexity index is 656. The normalized spacial score (nSPS) is 12.1. The number of hydrogen-bond acceptors (Lipinski definition) is 2. The summed E-state index contributed by atoms with van der Waals surface area (Å²) in [5.41, 5.74) is 3.53. The zero-order chi connectivity index (χ0) is 15.6. The standard InChI is InChI=1S/C16H15Br3O2/c1-9-6-10(17)4-5-11(9)16(19)12-7-14(20-2)15(21-3)8-13(12)18/h4-8,16H,1-3H3. The fourth-order valence-electron chi connectivity index (χ4n) is 2.16. The fraction of sp³-hybridized carbons (Fsp3) is 0.250. The molecule has 2 aromatic carbocycles. The van der Waals surface area contributed by atoms with Crippen LogP contribution < -0.4 is 9.47 Å². The number of ether oxygens (including phenoxy) is 2. The van der Waals surface area contributed by atoms with Gasteiger partial charge in [0.2, 0.25) is 0 Å². The topological polar surface area (TPSA) is 18.5 Å². The third kappa shape index (κ3) is 3.63. The van der Waals surface area contributed by atoms with E-state index >= 15 is 0 Å². The van der Waals surface area contributed by atoms with Crippen LogP contribution in [0.25, 0.3) is 0 Å². The SMILES string of the molecule is COc1cc(Br)c(C(Br)c2ccc(Br)cc2C)cc1OC. The number of rotatable bonds is 4. The molecule has 0 aromatic heterocycles. The number of aryl methyl sites for hydroxylation is 1. The van der Waals surface area contributed by atoms with Crippen molar-refractivity contribution in [2.45, 2.75) is 11.8 Å². The van der Waals surface area contributed by atoms with E-state index in [2.05, 4.69) is 66.8 Å². The molecule has 0 heterocycles. The molecule has 0 fully saturated rings. The molecule has 0 aliphatic heterocycles. The van der Waals surface area contributed by atoms with Crippen molar-refractivity contribution in [3.8, 4) is 11.5 Å². The first-order valence-electron chi connectivity index (χ1n) is 6.29. The van der Waals surface area contributed by atoms with Crippen LogP contribution in [0.2, 0.25) is 0 Å². The van der Waals surface area contributed by atoms with Crippen molar-refractivity contribution < 1.29 is 9.47 Å². The molecule has 0 saturated carbocycles. The first-order chi connectivity index (χ1) is 9.97. The quantitative estimate of drug-likeness (QED) is 0.500. The number of benzene rings is 2. The summed E-state index contributed by atoms with van der Waals surface area (Å²) < 4.78 is 12.8. The Labute approximate surface area is 150 Å². The molecule has 112 valence electrons. The minimum atomic E-state index is 0.0692. The van der Waals surface area contributed by atoms with E-state index < -0.39 is 0 Å². The summed E-state index contributed by atoms with van der Waals surface area (Å²) in [6, 6.07) is 10.2. The highest BCUT2D eigenvalue weighted by molar-refractivity contribution is 9.11. The van der Waals surface area contributed by atoms with Gasteiger partial charge < -0.3 is 9.47 Å². The van der Waals surface area contributed by atoms with Crippen LogP contribution in [0.4, 0.5) is 0 Å². The van der Waals surface area contributed by atoms with E-state index in [1.165, 1.54) is 11.1 Å². The molecule has 0 radical (unpaired) electrons. The summed E-state index contributed by atoms with van der Waals surface area (Å²) >= 11 is 10.9.